The van der Waals surface area contributed by atoms with Crippen LogP contribution in [-0.2, 0) is 35.1 Å². The SMILES string of the molecule is CCCCC/C=C\[C@@H]1C[C@]1(NC(=O)[C@@H]1C[C@@H]2CN1C(=O)CNC(=O)OCC(C)(C)CC/C=C/C(F)(F)c1nc3ccccc3nc1O2)C(=O)NS(=O)(=O)C1CC1. The van der Waals surface area contributed by atoms with Gasteiger partial charge in [-0.05, 0) is 68.6 Å². The number of nitrogens with zero attached hydrogens (tertiary/aromatic N) is 3. The second kappa shape index (κ2) is 16.4. The number of para-hydroxylation sites is 2. The fourth-order valence-electron chi connectivity index (χ4n) is 7.01. The Labute approximate surface area is 325 Å². The first-order chi connectivity index (χ1) is 26.5. The van der Waals surface area contributed by atoms with Gasteiger partial charge in [-0.3, -0.25) is 19.1 Å². The van der Waals surface area contributed by atoms with E-state index < -0.39 is 92.1 Å². The van der Waals surface area contributed by atoms with Crippen molar-refractivity contribution >= 4 is 44.9 Å². The Bertz CT molecular complexity index is 2010. The molecule has 6 rings (SSSR count). The Morgan fingerprint density at radius 1 is 1.11 bits per heavy atom. The highest BCUT2D eigenvalue weighted by molar-refractivity contribution is 7.91. The lowest BCUT2D eigenvalue weighted by molar-refractivity contribution is -0.139. The van der Waals surface area contributed by atoms with E-state index in [2.05, 4.69) is 32.2 Å². The molecule has 0 unspecified atom stereocenters. The lowest BCUT2D eigenvalue weighted by Gasteiger charge is -2.27. The fourth-order valence-corrected chi connectivity index (χ4v) is 8.37. The molecule has 304 valence electrons. The number of benzene rings is 1. The number of unbranched alkanes of at least 4 members (excludes halogenated alkanes) is 3. The number of rotatable bonds is 10. The van der Waals surface area contributed by atoms with Gasteiger partial charge >= 0.3 is 12.0 Å². The first kappa shape index (κ1) is 41.0. The molecule has 4 amide bonds. The Kier molecular flexibility index (Phi) is 12.0. The normalized spacial score (nSPS) is 27.2. The average molecular weight is 801 g/mol. The zero-order valence-corrected chi connectivity index (χ0v) is 32.7. The summed E-state index contributed by atoms with van der Waals surface area (Å²) >= 11 is 0. The van der Waals surface area contributed by atoms with E-state index in [0.29, 0.717) is 19.3 Å². The number of alkyl carbamates (subject to hydrolysis) is 1. The molecule has 4 aliphatic rings. The number of carbonyl (C=O) groups excluding carboxylic acids is 4. The number of amides is 4. The Hall–Kier alpha value is -4.67. The number of hydrogen-bond acceptors (Lipinski definition) is 10. The lowest BCUT2D eigenvalue weighted by atomic mass is 9.89. The van der Waals surface area contributed by atoms with Gasteiger partial charge in [0.15, 0.2) is 5.69 Å². The number of cyclic esters (lactones) is 1. The first-order valence-electron chi connectivity index (χ1n) is 19.3. The predicted octanol–water partition coefficient (Wildman–Crippen LogP) is 4.79. The lowest BCUT2D eigenvalue weighted by Crippen LogP contribution is -2.57. The van der Waals surface area contributed by atoms with Crippen LogP contribution in [0.2, 0.25) is 0 Å². The molecule has 3 heterocycles. The number of aromatic nitrogens is 2. The van der Waals surface area contributed by atoms with Gasteiger partial charge in [0.05, 0.1) is 29.4 Å². The third-order valence-corrected chi connectivity index (χ3v) is 12.4. The summed E-state index contributed by atoms with van der Waals surface area (Å²) < 4.78 is 71.2. The van der Waals surface area contributed by atoms with Crippen LogP contribution in [0.15, 0.2) is 48.6 Å². The predicted molar refractivity (Wildman–Crippen MR) is 202 cm³/mol. The van der Waals surface area contributed by atoms with Gasteiger partial charge in [-0.1, -0.05) is 64.0 Å². The third-order valence-electron chi connectivity index (χ3n) is 10.6. The third kappa shape index (κ3) is 9.64. The quantitative estimate of drug-likeness (QED) is 0.223. The van der Waals surface area contributed by atoms with Crippen LogP contribution < -0.4 is 20.1 Å². The maximum Gasteiger partial charge on any atom is 0.407 e. The monoisotopic (exact) mass is 800 g/mol. The Morgan fingerprint density at radius 3 is 2.55 bits per heavy atom. The van der Waals surface area contributed by atoms with Crippen LogP contribution in [0.3, 0.4) is 0 Å². The summed E-state index contributed by atoms with van der Waals surface area (Å²) in [6.45, 7) is 4.80. The van der Waals surface area contributed by atoms with Crippen LogP contribution in [0.1, 0.15) is 90.7 Å². The highest BCUT2D eigenvalue weighted by Gasteiger charge is 2.62. The summed E-state index contributed by atoms with van der Waals surface area (Å²) in [5, 5.41) is 4.51. The number of fused-ring (bicyclic) bond motifs is 4. The van der Waals surface area contributed by atoms with E-state index in [-0.39, 0.29) is 43.4 Å². The fraction of sp³-hybridized carbons (Fsp3) is 0.590. The molecule has 2 aliphatic carbocycles. The largest absolute Gasteiger partial charge is 0.471 e. The second-order valence-corrected chi connectivity index (χ2v) is 17.9. The van der Waals surface area contributed by atoms with Gasteiger partial charge < -0.3 is 25.0 Å². The van der Waals surface area contributed by atoms with Crippen molar-refractivity contribution in [3.63, 3.8) is 0 Å². The topological polar surface area (TPSA) is 186 Å². The van der Waals surface area contributed by atoms with Gasteiger partial charge in [-0.15, -0.1) is 0 Å². The Balaban J connectivity index is 1.31. The molecule has 2 aromatic rings. The standard InChI is InChI=1S/C39H50F2N6O8S/c1-4-5-6-7-8-13-25-21-38(25,35(50)46-56(52,53)27-16-17-27)45-33(49)30-20-26-23-47(30)31(48)22-42-36(51)54-24-37(2,3)18-11-12-19-39(40,41)32-34(55-26)44-29-15-10-9-14-28(29)43-32/h8-10,12-15,19,25-27,30H,4-7,11,16-18,20-24H2,1-3H3,(H,42,51)(H,45,49)(H,46,50)/b13-8-,19-12+/t25-,26-,30+,38-/m1/s1. The minimum atomic E-state index is -3.96. The molecule has 2 bridgehead atoms. The summed E-state index contributed by atoms with van der Waals surface area (Å²) in [4.78, 5) is 64.1. The van der Waals surface area contributed by atoms with Crippen LogP contribution >= 0.6 is 0 Å². The van der Waals surface area contributed by atoms with Crippen molar-refractivity contribution in [2.24, 2.45) is 11.3 Å². The van der Waals surface area contributed by atoms with Crippen LogP contribution in [0.25, 0.3) is 11.0 Å². The number of nitrogens with one attached hydrogen (secondary N) is 3. The molecule has 1 aromatic heterocycles. The van der Waals surface area contributed by atoms with Crippen molar-refractivity contribution in [2.75, 3.05) is 19.7 Å². The van der Waals surface area contributed by atoms with E-state index in [1.165, 1.54) is 6.08 Å². The first-order valence-corrected chi connectivity index (χ1v) is 20.8. The van der Waals surface area contributed by atoms with E-state index in [9.17, 15) is 27.6 Å². The molecule has 4 atom stereocenters. The van der Waals surface area contributed by atoms with Crippen LogP contribution in [0.4, 0.5) is 13.6 Å². The summed E-state index contributed by atoms with van der Waals surface area (Å²) in [6.07, 6.45) is 8.92. The van der Waals surface area contributed by atoms with Gasteiger partial charge in [-0.2, -0.15) is 8.78 Å². The number of sulfonamides is 1. The zero-order valence-electron chi connectivity index (χ0n) is 31.9. The average Bonchev–Trinajstić information content (AvgIpc) is 4.08. The smallest absolute Gasteiger partial charge is 0.407 e. The minimum absolute atomic E-state index is 0.0585. The maximum absolute atomic E-state index is 16.0. The number of ether oxygens (including phenoxy) is 2. The number of carbonyl (C=O) groups is 4. The van der Waals surface area contributed by atoms with Crippen molar-refractivity contribution in [2.45, 2.75) is 114 Å². The Morgan fingerprint density at radius 2 is 1.84 bits per heavy atom. The molecule has 0 radical (unpaired) electrons. The molecular formula is C39H50F2N6O8S. The summed E-state index contributed by atoms with van der Waals surface area (Å²) in [5.41, 5.74) is -2.45. The van der Waals surface area contributed by atoms with E-state index >= 15 is 8.78 Å². The van der Waals surface area contributed by atoms with Crippen LogP contribution in [-0.4, -0.2) is 89.7 Å². The molecule has 2 saturated carbocycles. The zero-order chi connectivity index (χ0) is 40.3. The van der Waals surface area contributed by atoms with Crippen molar-refractivity contribution in [3.8, 4) is 5.88 Å². The van der Waals surface area contributed by atoms with Gasteiger partial charge in [0.25, 0.3) is 5.91 Å². The molecule has 2 aliphatic heterocycles. The van der Waals surface area contributed by atoms with E-state index in [4.69, 9.17) is 9.47 Å². The van der Waals surface area contributed by atoms with Crippen LogP contribution in [0, 0.1) is 11.3 Å². The van der Waals surface area contributed by atoms with Gasteiger partial charge in [0.2, 0.25) is 27.7 Å². The molecule has 1 aromatic carbocycles. The molecule has 0 spiro atoms. The highest BCUT2D eigenvalue weighted by atomic mass is 32.2. The maximum atomic E-state index is 16.0. The number of hydrogen-bond donors (Lipinski definition) is 3. The van der Waals surface area contributed by atoms with Gasteiger partial charge in [-0.25, -0.2) is 23.2 Å². The molecule has 56 heavy (non-hydrogen) atoms. The van der Waals surface area contributed by atoms with Crippen LogP contribution in [0.5, 0.6) is 5.88 Å². The van der Waals surface area contributed by atoms with Gasteiger partial charge in [0.1, 0.15) is 24.2 Å². The second-order valence-electron chi connectivity index (χ2n) is 15.9. The number of allylic oxidation sites excluding steroid dienone is 3. The van der Waals surface area contributed by atoms with E-state index in [1.807, 2.05) is 19.9 Å². The van der Waals surface area contributed by atoms with Crippen molar-refractivity contribution in [3.05, 3.63) is 54.3 Å². The van der Waals surface area contributed by atoms with Crippen molar-refractivity contribution in [1.29, 1.82) is 0 Å². The minimum Gasteiger partial charge on any atom is -0.471 e. The summed E-state index contributed by atoms with van der Waals surface area (Å²) in [6, 6.07) is 5.16. The molecule has 1 saturated heterocycles. The highest BCUT2D eigenvalue weighted by Crippen LogP contribution is 2.46. The molecule has 14 nitrogen and oxygen atoms in total. The number of alkyl halides is 2. The summed E-state index contributed by atoms with van der Waals surface area (Å²) in [5.74, 6) is -6.98. The molecule has 17 heteroatoms. The number of halogens is 2. The van der Waals surface area contributed by atoms with Crippen molar-refractivity contribution in [1.82, 2.24) is 30.2 Å². The molecule has 3 fully saturated rings. The summed E-state index contributed by atoms with van der Waals surface area (Å²) in [7, 11) is -3.96. The van der Waals surface area contributed by atoms with E-state index in [1.54, 1.807) is 30.3 Å². The van der Waals surface area contributed by atoms with Crippen molar-refractivity contribution < 1.29 is 45.9 Å². The van der Waals surface area contributed by atoms with Gasteiger partial charge in [0, 0.05) is 12.3 Å². The molecular weight excluding hydrogens is 751 g/mol. The molecule has 3 N–H and O–H groups in total. The van der Waals surface area contributed by atoms with E-state index in [0.717, 1.165) is 36.7 Å².